The molecule has 0 aromatic carbocycles. The molecule has 0 aromatic rings. The lowest BCUT2D eigenvalue weighted by atomic mass is 9.82. The average Bonchev–Trinajstić information content (AvgIpc) is 2.87. The summed E-state index contributed by atoms with van der Waals surface area (Å²) in [6.45, 7) is 19.3. The first kappa shape index (κ1) is 31.7. The van der Waals surface area contributed by atoms with Gasteiger partial charge in [0.05, 0.1) is 38.1 Å². The summed E-state index contributed by atoms with van der Waals surface area (Å²) in [5.41, 5.74) is 8.42. The molecule has 0 amide bonds. The number of nitrogens with zero attached hydrogens (tertiary/aromatic N) is 3. The Labute approximate surface area is 220 Å². The van der Waals surface area contributed by atoms with E-state index in [1.165, 1.54) is 0 Å². The van der Waals surface area contributed by atoms with E-state index >= 15 is 0 Å². The van der Waals surface area contributed by atoms with Gasteiger partial charge in [-0.25, -0.2) is 0 Å². The van der Waals surface area contributed by atoms with Crippen molar-refractivity contribution in [3.8, 4) is 0 Å². The fraction of sp³-hybridized carbons (Fsp3) is 0.962. The van der Waals surface area contributed by atoms with E-state index in [4.69, 9.17) is 43.5 Å². The molecule has 3 aliphatic heterocycles. The molecule has 0 radical (unpaired) electrons. The summed E-state index contributed by atoms with van der Waals surface area (Å²) in [4.78, 5) is 19.0. The number of carbonyl (C=O) groups excluding carboxylic acids is 2. The zero-order chi connectivity index (χ0) is 27.7. The Morgan fingerprint density at radius 1 is 0.811 bits per heavy atom. The van der Waals surface area contributed by atoms with Crippen molar-refractivity contribution in [3.05, 3.63) is 10.4 Å². The topological polar surface area (TPSA) is 138 Å². The van der Waals surface area contributed by atoms with Gasteiger partial charge in [-0.15, -0.1) is 0 Å². The van der Waals surface area contributed by atoms with Crippen LogP contribution in [0.15, 0.2) is 5.11 Å². The standard InChI is InChI=1S/C25H45N3O6.CO2/c1-13-11-30-24(16(4)14(13)2)34-22-18(6)20(8)32-25(19(22)7)33-21-12-31-23(17(5)15(21)3)29-10-9-27-28-26;2-1-3/h13-25H,9-12H2,1-8H3;/t13-,14?,15?,16+,17+,18-,19+,20?,21-,22?,23-,24-,25+;/m1./s1. The summed E-state index contributed by atoms with van der Waals surface area (Å²) < 4.78 is 37.4. The number of rotatable bonds is 8. The van der Waals surface area contributed by atoms with Crippen LogP contribution in [0.1, 0.15) is 55.4 Å². The highest BCUT2D eigenvalue weighted by atomic mass is 16.7. The summed E-state index contributed by atoms with van der Waals surface area (Å²) in [7, 11) is 0. The van der Waals surface area contributed by atoms with Crippen molar-refractivity contribution in [3.63, 3.8) is 0 Å². The van der Waals surface area contributed by atoms with Crippen LogP contribution in [0.4, 0.5) is 0 Å². The monoisotopic (exact) mass is 527 g/mol. The first-order valence-corrected chi connectivity index (χ1v) is 13.4. The van der Waals surface area contributed by atoms with Gasteiger partial charge in [-0.1, -0.05) is 53.6 Å². The molecule has 0 aliphatic carbocycles. The fourth-order valence-corrected chi connectivity index (χ4v) is 5.27. The largest absolute Gasteiger partial charge is 0.373 e. The Hall–Kier alpha value is -1.55. The van der Waals surface area contributed by atoms with E-state index in [0.717, 1.165) is 6.61 Å². The Balaban J connectivity index is 0.00000153. The molecule has 3 fully saturated rings. The van der Waals surface area contributed by atoms with E-state index in [-0.39, 0.29) is 67.0 Å². The van der Waals surface area contributed by atoms with E-state index in [0.29, 0.717) is 37.5 Å². The quantitative estimate of drug-likeness (QED) is 0.196. The molecule has 37 heavy (non-hydrogen) atoms. The van der Waals surface area contributed by atoms with E-state index in [1.807, 2.05) is 0 Å². The highest BCUT2D eigenvalue weighted by molar-refractivity contribution is 5.20. The van der Waals surface area contributed by atoms with Gasteiger partial charge < -0.3 is 28.4 Å². The predicted molar refractivity (Wildman–Crippen MR) is 133 cm³/mol. The molecule has 0 spiro atoms. The lowest BCUT2D eigenvalue weighted by Crippen LogP contribution is -2.55. The first-order chi connectivity index (χ1) is 17.6. The lowest BCUT2D eigenvalue weighted by molar-refractivity contribution is -0.331. The van der Waals surface area contributed by atoms with E-state index in [2.05, 4.69) is 65.4 Å². The molecule has 11 heteroatoms. The summed E-state index contributed by atoms with van der Waals surface area (Å²) >= 11 is 0. The number of azide groups is 1. The van der Waals surface area contributed by atoms with Gasteiger partial charge in [-0.05, 0) is 30.2 Å². The van der Waals surface area contributed by atoms with Crippen molar-refractivity contribution >= 4 is 6.15 Å². The van der Waals surface area contributed by atoms with Crippen LogP contribution in [0.2, 0.25) is 0 Å². The van der Waals surface area contributed by atoms with Crippen LogP contribution in [0.5, 0.6) is 0 Å². The van der Waals surface area contributed by atoms with Crippen molar-refractivity contribution in [2.24, 2.45) is 46.5 Å². The molecule has 0 N–H and O–H groups in total. The van der Waals surface area contributed by atoms with Gasteiger partial charge in [0.15, 0.2) is 18.9 Å². The van der Waals surface area contributed by atoms with Crippen molar-refractivity contribution in [1.29, 1.82) is 0 Å². The minimum atomic E-state index is -0.378. The predicted octanol–water partition coefficient (Wildman–Crippen LogP) is 4.41. The molecular formula is C26H45N3O8. The molecule has 212 valence electrons. The maximum Gasteiger partial charge on any atom is 0.373 e. The van der Waals surface area contributed by atoms with Crippen LogP contribution in [0.3, 0.4) is 0 Å². The second-order valence-electron chi connectivity index (χ2n) is 10.9. The Morgan fingerprint density at radius 3 is 2.08 bits per heavy atom. The highest BCUT2D eigenvalue weighted by Crippen LogP contribution is 2.39. The summed E-state index contributed by atoms with van der Waals surface area (Å²) in [5, 5.41) is 3.51. The van der Waals surface area contributed by atoms with Crippen LogP contribution in [0.25, 0.3) is 10.4 Å². The molecule has 4 unspecified atom stereocenters. The lowest BCUT2D eigenvalue weighted by Gasteiger charge is -2.48. The zero-order valence-corrected chi connectivity index (χ0v) is 23.4. The molecule has 3 heterocycles. The number of hydrogen-bond donors (Lipinski definition) is 0. The second-order valence-corrected chi connectivity index (χ2v) is 10.9. The van der Waals surface area contributed by atoms with Crippen molar-refractivity contribution < 1.29 is 38.0 Å². The Kier molecular flexibility index (Phi) is 13.0. The van der Waals surface area contributed by atoms with Gasteiger partial charge in [0.25, 0.3) is 0 Å². The van der Waals surface area contributed by atoms with Gasteiger partial charge >= 0.3 is 6.15 Å². The first-order valence-electron chi connectivity index (χ1n) is 13.4. The molecular weight excluding hydrogens is 482 g/mol. The highest BCUT2D eigenvalue weighted by Gasteiger charge is 2.46. The van der Waals surface area contributed by atoms with Gasteiger partial charge in [0.2, 0.25) is 0 Å². The maximum atomic E-state index is 8.42. The minimum Gasteiger partial charge on any atom is -0.352 e. The molecule has 3 saturated heterocycles. The second kappa shape index (κ2) is 15.1. The van der Waals surface area contributed by atoms with Crippen LogP contribution in [-0.4, -0.2) is 69.7 Å². The van der Waals surface area contributed by atoms with Crippen LogP contribution < -0.4 is 0 Å². The molecule has 0 bridgehead atoms. The molecule has 3 aliphatic rings. The number of hydrogen-bond acceptors (Lipinski definition) is 9. The smallest absolute Gasteiger partial charge is 0.352 e. The van der Waals surface area contributed by atoms with Crippen LogP contribution in [-0.2, 0) is 38.0 Å². The van der Waals surface area contributed by atoms with Gasteiger partial charge in [-0.3, -0.25) is 0 Å². The Morgan fingerprint density at radius 2 is 1.43 bits per heavy atom. The third-order valence-corrected chi connectivity index (χ3v) is 8.64. The SMILES string of the molecule is CC1O[C@@H](O[C@@H]2CO[C@@H](OCCN=[N+]=[N-])[C@@H](C)C2C)[C@@H](C)C(O[C@H]2OC[C@@H](C)C(C)[C@@H]2C)[C@@H]1C.O=C=O. The summed E-state index contributed by atoms with van der Waals surface area (Å²) in [6.07, 6.45) is -0.778. The van der Waals surface area contributed by atoms with Crippen molar-refractivity contribution in [2.45, 2.75) is 92.6 Å². The minimum absolute atomic E-state index is 0.00968. The van der Waals surface area contributed by atoms with Crippen LogP contribution in [0, 0.1) is 41.4 Å². The van der Waals surface area contributed by atoms with Crippen molar-refractivity contribution in [2.75, 3.05) is 26.4 Å². The fourth-order valence-electron chi connectivity index (χ4n) is 5.27. The molecule has 0 saturated carbocycles. The summed E-state index contributed by atoms with van der Waals surface area (Å²) in [5.74, 6) is 2.06. The normalized spacial score (nSPS) is 44.1. The van der Waals surface area contributed by atoms with Crippen molar-refractivity contribution in [1.82, 2.24) is 0 Å². The maximum absolute atomic E-state index is 8.42. The van der Waals surface area contributed by atoms with E-state index < -0.39 is 0 Å². The van der Waals surface area contributed by atoms with Gasteiger partial charge in [0, 0.05) is 35.1 Å². The third-order valence-electron chi connectivity index (χ3n) is 8.64. The summed E-state index contributed by atoms with van der Waals surface area (Å²) in [6, 6.07) is 0. The van der Waals surface area contributed by atoms with E-state index in [1.54, 1.807) is 0 Å². The van der Waals surface area contributed by atoms with Gasteiger partial charge in [-0.2, -0.15) is 9.59 Å². The average molecular weight is 528 g/mol. The van der Waals surface area contributed by atoms with E-state index in [9.17, 15) is 0 Å². The van der Waals surface area contributed by atoms with Gasteiger partial charge in [0.1, 0.15) is 0 Å². The Bertz CT molecular complexity index is 775. The molecule has 13 atom stereocenters. The van der Waals surface area contributed by atoms with Crippen LogP contribution >= 0.6 is 0 Å². The zero-order valence-electron chi connectivity index (χ0n) is 23.4. The molecule has 3 rings (SSSR count). The molecule has 0 aromatic heterocycles. The third kappa shape index (κ3) is 8.22. The molecule has 11 nitrogen and oxygen atoms in total. The number of ether oxygens (including phenoxy) is 6.